The highest BCUT2D eigenvalue weighted by atomic mass is 32.1. The molecule has 0 radical (unpaired) electrons. The van der Waals surface area contributed by atoms with Crippen molar-refractivity contribution in [3.8, 4) is 0 Å². The third-order valence-electron chi connectivity index (χ3n) is 3.38. The Kier molecular flexibility index (Phi) is 3.20. The summed E-state index contributed by atoms with van der Waals surface area (Å²) in [6.07, 6.45) is 3.39. The van der Waals surface area contributed by atoms with Crippen LogP contribution < -0.4 is 16.0 Å². The first-order valence-electron chi connectivity index (χ1n) is 6.23. The van der Waals surface area contributed by atoms with Gasteiger partial charge in [-0.25, -0.2) is 14.8 Å². The van der Waals surface area contributed by atoms with Gasteiger partial charge in [0.2, 0.25) is 0 Å². The Labute approximate surface area is 114 Å². The summed E-state index contributed by atoms with van der Waals surface area (Å²) in [7, 11) is 0. The van der Waals surface area contributed by atoms with Gasteiger partial charge < -0.3 is 16.0 Å². The van der Waals surface area contributed by atoms with E-state index in [1.54, 1.807) is 17.7 Å². The Morgan fingerprint density at radius 1 is 1.42 bits per heavy atom. The van der Waals surface area contributed by atoms with Crippen LogP contribution in [0, 0.1) is 0 Å². The topological polar surface area (TPSA) is 84.1 Å². The second kappa shape index (κ2) is 5.00. The lowest BCUT2D eigenvalue weighted by molar-refractivity contribution is 0.242. The molecule has 1 saturated heterocycles. The highest BCUT2D eigenvalue weighted by molar-refractivity contribution is 7.16. The molecular formula is C12H15N5OS. The van der Waals surface area contributed by atoms with Crippen molar-refractivity contribution in [3.63, 3.8) is 0 Å². The molecule has 2 amide bonds. The number of carbonyl (C=O) groups is 1. The van der Waals surface area contributed by atoms with Crippen LogP contribution in [0.25, 0.3) is 10.2 Å². The number of nitrogens with two attached hydrogens (primary N) is 1. The smallest absolute Gasteiger partial charge is 0.312 e. The van der Waals surface area contributed by atoms with Gasteiger partial charge in [-0.05, 0) is 24.3 Å². The summed E-state index contributed by atoms with van der Waals surface area (Å²) in [5.41, 5.74) is 5.15. The van der Waals surface area contributed by atoms with Crippen LogP contribution >= 0.6 is 11.3 Å². The van der Waals surface area contributed by atoms with E-state index >= 15 is 0 Å². The minimum atomic E-state index is -0.444. The molecule has 19 heavy (non-hydrogen) atoms. The predicted molar refractivity (Wildman–Crippen MR) is 75.4 cm³/mol. The standard InChI is InChI=1S/C12H15N5OS/c13-12(18)16-8-1-4-17(5-2-8)10-9-3-6-19-11(9)15-7-14-10/h3,6-8H,1-2,4-5H2,(H3,13,16,18). The number of fused-ring (bicyclic) bond motifs is 1. The van der Waals surface area contributed by atoms with E-state index in [4.69, 9.17) is 5.73 Å². The monoisotopic (exact) mass is 277 g/mol. The lowest BCUT2D eigenvalue weighted by Gasteiger charge is -2.33. The molecule has 2 aromatic heterocycles. The Hall–Kier alpha value is -1.89. The van der Waals surface area contributed by atoms with Crippen LogP contribution in [-0.2, 0) is 0 Å². The molecule has 3 N–H and O–H groups in total. The number of amides is 2. The number of carbonyl (C=O) groups excluding carboxylic acids is 1. The fourth-order valence-corrected chi connectivity index (χ4v) is 3.19. The van der Waals surface area contributed by atoms with Crippen LogP contribution in [0.3, 0.4) is 0 Å². The van der Waals surface area contributed by atoms with Gasteiger partial charge in [-0.2, -0.15) is 0 Å². The second-order valence-electron chi connectivity index (χ2n) is 4.61. The zero-order valence-corrected chi connectivity index (χ0v) is 11.2. The van der Waals surface area contributed by atoms with E-state index in [0.717, 1.165) is 42.0 Å². The maximum absolute atomic E-state index is 10.8. The van der Waals surface area contributed by atoms with E-state index in [1.165, 1.54) is 0 Å². The number of anilines is 1. The van der Waals surface area contributed by atoms with Gasteiger partial charge in [-0.15, -0.1) is 11.3 Å². The van der Waals surface area contributed by atoms with E-state index in [2.05, 4.69) is 26.3 Å². The van der Waals surface area contributed by atoms with Crippen LogP contribution in [-0.4, -0.2) is 35.1 Å². The summed E-state index contributed by atoms with van der Waals surface area (Å²) in [6, 6.07) is 1.79. The Morgan fingerprint density at radius 3 is 2.95 bits per heavy atom. The minimum absolute atomic E-state index is 0.175. The van der Waals surface area contributed by atoms with Gasteiger partial charge in [0, 0.05) is 19.1 Å². The van der Waals surface area contributed by atoms with Gasteiger partial charge in [-0.1, -0.05) is 0 Å². The number of aromatic nitrogens is 2. The molecule has 0 bridgehead atoms. The van der Waals surface area contributed by atoms with Crippen LogP contribution in [0.2, 0.25) is 0 Å². The molecule has 6 nitrogen and oxygen atoms in total. The first kappa shape index (κ1) is 12.2. The number of hydrogen-bond acceptors (Lipinski definition) is 5. The summed E-state index contributed by atoms with van der Waals surface area (Å²) in [4.78, 5) is 22.8. The zero-order chi connectivity index (χ0) is 13.2. The van der Waals surface area contributed by atoms with Crippen LogP contribution in [0.5, 0.6) is 0 Å². The highest BCUT2D eigenvalue weighted by Gasteiger charge is 2.22. The Morgan fingerprint density at radius 2 is 2.21 bits per heavy atom. The van der Waals surface area contributed by atoms with Crippen molar-refractivity contribution in [3.05, 3.63) is 17.8 Å². The van der Waals surface area contributed by atoms with Crippen molar-refractivity contribution in [1.82, 2.24) is 15.3 Å². The molecule has 2 aromatic rings. The average Bonchev–Trinajstić information content (AvgIpc) is 2.87. The Bertz CT molecular complexity index is 591. The number of thiophene rings is 1. The largest absolute Gasteiger partial charge is 0.356 e. The van der Waals surface area contributed by atoms with Crippen LogP contribution in [0.1, 0.15) is 12.8 Å². The van der Waals surface area contributed by atoms with E-state index in [-0.39, 0.29) is 6.04 Å². The maximum atomic E-state index is 10.8. The molecule has 7 heteroatoms. The fraction of sp³-hybridized carbons (Fsp3) is 0.417. The second-order valence-corrected chi connectivity index (χ2v) is 5.50. The molecule has 3 rings (SSSR count). The predicted octanol–water partition coefficient (Wildman–Crippen LogP) is 1.33. The average molecular weight is 277 g/mol. The number of rotatable bonds is 2. The lowest BCUT2D eigenvalue weighted by atomic mass is 10.1. The van der Waals surface area contributed by atoms with Gasteiger partial charge in [0.25, 0.3) is 0 Å². The number of piperidine rings is 1. The number of urea groups is 1. The van der Waals surface area contributed by atoms with Gasteiger partial charge in [0.1, 0.15) is 17.0 Å². The molecule has 0 saturated carbocycles. The van der Waals surface area contributed by atoms with E-state index in [1.807, 2.05) is 5.38 Å². The van der Waals surface area contributed by atoms with Crippen molar-refractivity contribution in [2.45, 2.75) is 18.9 Å². The van der Waals surface area contributed by atoms with Gasteiger partial charge in [0.15, 0.2) is 0 Å². The summed E-state index contributed by atoms with van der Waals surface area (Å²) in [5.74, 6) is 0.990. The molecule has 0 spiro atoms. The van der Waals surface area contributed by atoms with Crippen LogP contribution in [0.15, 0.2) is 17.8 Å². The first-order chi connectivity index (χ1) is 9.24. The molecule has 0 unspecified atom stereocenters. The molecule has 0 aliphatic carbocycles. The third-order valence-corrected chi connectivity index (χ3v) is 4.20. The quantitative estimate of drug-likeness (QED) is 0.867. The van der Waals surface area contributed by atoms with E-state index in [0.29, 0.717) is 0 Å². The summed E-state index contributed by atoms with van der Waals surface area (Å²) in [5, 5.41) is 5.90. The summed E-state index contributed by atoms with van der Waals surface area (Å²) >= 11 is 1.62. The van der Waals surface area contributed by atoms with Gasteiger partial charge in [-0.3, -0.25) is 0 Å². The number of nitrogens with zero attached hydrogens (tertiary/aromatic N) is 3. The maximum Gasteiger partial charge on any atom is 0.312 e. The number of primary amides is 1. The van der Waals surface area contributed by atoms with Gasteiger partial charge in [0.05, 0.1) is 5.39 Å². The molecule has 1 aliphatic rings. The normalized spacial score (nSPS) is 16.7. The van der Waals surface area contributed by atoms with Crippen molar-refractivity contribution in [2.75, 3.05) is 18.0 Å². The van der Waals surface area contributed by atoms with Crippen molar-refractivity contribution in [1.29, 1.82) is 0 Å². The first-order valence-corrected chi connectivity index (χ1v) is 7.11. The Balaban J connectivity index is 1.75. The SMILES string of the molecule is NC(=O)NC1CCN(c2ncnc3sccc23)CC1. The molecule has 1 fully saturated rings. The third kappa shape index (κ3) is 2.46. The van der Waals surface area contributed by atoms with Gasteiger partial charge >= 0.3 is 6.03 Å². The zero-order valence-electron chi connectivity index (χ0n) is 10.4. The molecule has 100 valence electrons. The van der Waals surface area contributed by atoms with E-state index < -0.39 is 6.03 Å². The molecule has 1 aliphatic heterocycles. The summed E-state index contributed by atoms with van der Waals surface area (Å²) in [6.45, 7) is 1.74. The molecular weight excluding hydrogens is 262 g/mol. The number of nitrogens with one attached hydrogen (secondary N) is 1. The molecule has 3 heterocycles. The molecule has 0 atom stereocenters. The van der Waals surface area contributed by atoms with Crippen molar-refractivity contribution in [2.24, 2.45) is 5.73 Å². The van der Waals surface area contributed by atoms with Crippen molar-refractivity contribution >= 4 is 33.4 Å². The lowest BCUT2D eigenvalue weighted by Crippen LogP contribution is -2.46. The van der Waals surface area contributed by atoms with Crippen molar-refractivity contribution < 1.29 is 4.79 Å². The highest BCUT2D eigenvalue weighted by Crippen LogP contribution is 2.28. The summed E-state index contributed by atoms with van der Waals surface area (Å²) < 4.78 is 0. The van der Waals surface area contributed by atoms with Crippen LogP contribution in [0.4, 0.5) is 10.6 Å². The number of hydrogen-bond donors (Lipinski definition) is 2. The molecule has 0 aromatic carbocycles. The fourth-order valence-electron chi connectivity index (χ4n) is 2.47. The minimum Gasteiger partial charge on any atom is -0.356 e. The van der Waals surface area contributed by atoms with E-state index in [9.17, 15) is 4.79 Å².